The number of nitrogens with two attached hydrogens (primary N) is 2. The highest BCUT2D eigenvalue weighted by atomic mass is 19.1. The number of nitrogen functional groups attached to an aromatic ring is 2. The van der Waals surface area contributed by atoms with Crippen molar-refractivity contribution in [2.75, 3.05) is 11.5 Å². The van der Waals surface area contributed by atoms with Crippen molar-refractivity contribution in [3.05, 3.63) is 24.3 Å². The second-order valence-corrected chi connectivity index (χ2v) is 2.88. The number of nitrogens with zero attached hydrogens (tertiary/aromatic N) is 4. The van der Waals surface area contributed by atoms with Crippen LogP contribution in [0, 0.1) is 5.95 Å². The Morgan fingerprint density at radius 3 is 2.75 bits per heavy atom. The fraction of sp³-hybridized carbons (Fsp3) is 0. The molecule has 0 atom stereocenters. The normalized spacial score (nSPS) is 11.1. The summed E-state index contributed by atoms with van der Waals surface area (Å²) in [5, 5.41) is 13.4. The first-order valence-corrected chi connectivity index (χ1v) is 4.30. The van der Waals surface area contributed by atoms with Crippen molar-refractivity contribution in [1.82, 2.24) is 15.2 Å². The summed E-state index contributed by atoms with van der Waals surface area (Å²) in [6.07, 6.45) is 1.31. The minimum atomic E-state index is -0.716. The molecule has 0 aromatic carbocycles. The molecule has 0 aliphatic rings. The summed E-state index contributed by atoms with van der Waals surface area (Å²) in [6, 6.07) is 2.97. The third-order valence-corrected chi connectivity index (χ3v) is 1.79. The molecule has 2 aromatic rings. The number of anilines is 2. The van der Waals surface area contributed by atoms with E-state index >= 15 is 0 Å². The van der Waals surface area contributed by atoms with Crippen molar-refractivity contribution in [3.63, 3.8) is 0 Å². The second kappa shape index (κ2) is 3.93. The van der Waals surface area contributed by atoms with Crippen LogP contribution in [0.5, 0.6) is 0 Å². The summed E-state index contributed by atoms with van der Waals surface area (Å²) in [4.78, 5) is 3.42. The molecule has 0 saturated heterocycles. The summed E-state index contributed by atoms with van der Waals surface area (Å²) in [7, 11) is 0. The predicted molar refractivity (Wildman–Crippen MR) is 55.8 cm³/mol. The van der Waals surface area contributed by atoms with Crippen LogP contribution in [0.2, 0.25) is 0 Å². The number of aromatic nitrogens is 3. The van der Waals surface area contributed by atoms with Gasteiger partial charge in [-0.15, -0.1) is 10.2 Å². The van der Waals surface area contributed by atoms with E-state index in [2.05, 4.69) is 25.4 Å². The molecule has 2 rings (SSSR count). The third kappa shape index (κ3) is 1.80. The Bertz CT molecular complexity index is 513. The summed E-state index contributed by atoms with van der Waals surface area (Å²) in [5.74, 6) is -0.442. The Balaban J connectivity index is 2.32. The lowest BCUT2D eigenvalue weighted by Crippen LogP contribution is -1.85. The van der Waals surface area contributed by atoms with Crippen molar-refractivity contribution in [3.8, 4) is 0 Å². The van der Waals surface area contributed by atoms with Gasteiger partial charge >= 0.3 is 0 Å². The molecule has 5 N–H and O–H groups in total. The van der Waals surface area contributed by atoms with E-state index in [4.69, 9.17) is 11.5 Å². The van der Waals surface area contributed by atoms with E-state index in [0.29, 0.717) is 0 Å². The fourth-order valence-electron chi connectivity index (χ4n) is 1.03. The van der Waals surface area contributed by atoms with Gasteiger partial charge < -0.3 is 11.5 Å². The van der Waals surface area contributed by atoms with Gasteiger partial charge in [0.1, 0.15) is 11.5 Å². The van der Waals surface area contributed by atoms with Crippen LogP contribution in [-0.2, 0) is 0 Å². The molecular formula is C8H8FN7. The molecule has 82 valence electrons. The number of hydrogen-bond acceptors (Lipinski definition) is 6. The second-order valence-electron chi connectivity index (χ2n) is 2.88. The van der Waals surface area contributed by atoms with Crippen molar-refractivity contribution in [2.24, 2.45) is 10.2 Å². The number of rotatable bonds is 2. The fourth-order valence-corrected chi connectivity index (χ4v) is 1.03. The highest BCUT2D eigenvalue weighted by Crippen LogP contribution is 2.28. The molecule has 0 radical (unpaired) electrons. The Labute approximate surface area is 89.4 Å². The maximum absolute atomic E-state index is 13.1. The molecule has 16 heavy (non-hydrogen) atoms. The van der Waals surface area contributed by atoms with Crippen molar-refractivity contribution >= 4 is 23.0 Å². The smallest absolute Gasteiger partial charge is 0.240 e. The van der Waals surface area contributed by atoms with Crippen LogP contribution in [0.15, 0.2) is 28.6 Å². The highest BCUT2D eigenvalue weighted by molar-refractivity contribution is 5.70. The van der Waals surface area contributed by atoms with Crippen molar-refractivity contribution < 1.29 is 4.39 Å². The summed E-state index contributed by atoms with van der Waals surface area (Å²) >= 11 is 0. The molecule has 0 aliphatic heterocycles. The number of pyridine rings is 1. The summed E-state index contributed by atoms with van der Waals surface area (Å²) < 4.78 is 13.1. The van der Waals surface area contributed by atoms with Gasteiger partial charge in [0.05, 0.1) is 0 Å². The monoisotopic (exact) mass is 221 g/mol. The molecular weight excluding hydrogens is 213 g/mol. The molecule has 7 nitrogen and oxygen atoms in total. The summed E-state index contributed by atoms with van der Waals surface area (Å²) in [6.45, 7) is 0. The molecule has 8 heteroatoms. The number of halogens is 1. The molecule has 0 fully saturated rings. The Hall–Kier alpha value is -2.51. The lowest BCUT2D eigenvalue weighted by Gasteiger charge is -1.93. The molecule has 0 unspecified atom stereocenters. The molecule has 0 spiro atoms. The van der Waals surface area contributed by atoms with Gasteiger partial charge in [-0.05, 0) is 12.1 Å². The number of H-pyrrole nitrogens is 1. The average Bonchev–Trinajstić information content (AvgIpc) is 2.58. The Morgan fingerprint density at radius 1 is 1.31 bits per heavy atom. The van der Waals surface area contributed by atoms with Gasteiger partial charge in [-0.1, -0.05) is 0 Å². The van der Waals surface area contributed by atoms with E-state index in [1.54, 1.807) is 6.07 Å². The van der Waals surface area contributed by atoms with Crippen molar-refractivity contribution in [1.29, 1.82) is 0 Å². The lowest BCUT2D eigenvalue weighted by molar-refractivity contribution is 0.585. The topological polar surface area (TPSA) is 118 Å². The van der Waals surface area contributed by atoms with Gasteiger partial charge in [0.25, 0.3) is 0 Å². The van der Waals surface area contributed by atoms with Crippen LogP contribution in [0.25, 0.3) is 0 Å². The largest absolute Gasteiger partial charge is 0.382 e. The van der Waals surface area contributed by atoms with Crippen molar-refractivity contribution in [2.45, 2.75) is 0 Å². The molecule has 0 aliphatic carbocycles. The number of hydrogen-bond donors (Lipinski definition) is 3. The van der Waals surface area contributed by atoms with E-state index < -0.39 is 5.95 Å². The number of nitrogens with one attached hydrogen (secondary N) is 1. The molecule has 2 heterocycles. The van der Waals surface area contributed by atoms with Gasteiger partial charge in [0, 0.05) is 6.20 Å². The quantitative estimate of drug-likeness (QED) is 0.526. The van der Waals surface area contributed by atoms with E-state index in [1.807, 2.05) is 0 Å². The van der Waals surface area contributed by atoms with Gasteiger partial charge in [-0.3, -0.25) is 5.10 Å². The van der Waals surface area contributed by atoms with Gasteiger partial charge in [-0.2, -0.15) is 9.49 Å². The van der Waals surface area contributed by atoms with Crippen LogP contribution in [-0.4, -0.2) is 15.2 Å². The van der Waals surface area contributed by atoms with Gasteiger partial charge in [0.2, 0.25) is 5.95 Å². The minimum absolute atomic E-state index is 0.00231. The third-order valence-electron chi connectivity index (χ3n) is 1.79. The minimum Gasteiger partial charge on any atom is -0.382 e. The average molecular weight is 221 g/mol. The molecule has 0 saturated carbocycles. The first-order chi connectivity index (χ1) is 7.68. The zero-order valence-corrected chi connectivity index (χ0v) is 8.05. The Kier molecular flexibility index (Phi) is 2.46. The van der Waals surface area contributed by atoms with Crippen LogP contribution in [0.3, 0.4) is 0 Å². The standard InChI is InChI=1S/C8H8FN7/c9-6-4(2-1-3-12-6)13-14-5-7(10)15-16-8(5)11/h1-3H,(H5,10,11,15,16). The van der Waals surface area contributed by atoms with Crippen LogP contribution in [0.4, 0.5) is 27.4 Å². The Morgan fingerprint density at radius 2 is 2.12 bits per heavy atom. The molecule has 0 bridgehead atoms. The maximum Gasteiger partial charge on any atom is 0.240 e. The first-order valence-electron chi connectivity index (χ1n) is 4.30. The van der Waals surface area contributed by atoms with Crippen LogP contribution in [0.1, 0.15) is 0 Å². The van der Waals surface area contributed by atoms with E-state index in [0.717, 1.165) is 0 Å². The maximum atomic E-state index is 13.1. The summed E-state index contributed by atoms with van der Waals surface area (Å²) in [5.41, 5.74) is 11.1. The van der Waals surface area contributed by atoms with Crippen LogP contribution >= 0.6 is 0 Å². The van der Waals surface area contributed by atoms with E-state index in [9.17, 15) is 4.39 Å². The van der Waals surface area contributed by atoms with Gasteiger partial charge in [0.15, 0.2) is 11.5 Å². The SMILES string of the molecule is Nc1n[nH]c(N)c1N=Nc1cccnc1F. The zero-order valence-electron chi connectivity index (χ0n) is 8.05. The highest BCUT2D eigenvalue weighted by Gasteiger charge is 2.07. The van der Waals surface area contributed by atoms with E-state index in [1.165, 1.54) is 12.3 Å². The number of aromatic amines is 1. The van der Waals surface area contributed by atoms with Crippen LogP contribution < -0.4 is 11.5 Å². The molecule has 2 aromatic heterocycles. The van der Waals surface area contributed by atoms with E-state index in [-0.39, 0.29) is 23.0 Å². The zero-order chi connectivity index (χ0) is 11.5. The lowest BCUT2D eigenvalue weighted by atomic mass is 10.4. The predicted octanol–water partition coefficient (Wildman–Crippen LogP) is 1.52. The van der Waals surface area contributed by atoms with Gasteiger partial charge in [-0.25, -0.2) is 4.98 Å². The molecule has 0 amide bonds. The first kappa shape index (κ1) is 10.0. The number of azo groups is 1.